The van der Waals surface area contributed by atoms with Gasteiger partial charge in [-0.15, -0.1) is 11.8 Å². The fourth-order valence-electron chi connectivity index (χ4n) is 3.88. The first kappa shape index (κ1) is 19.6. The molecule has 7 nitrogen and oxygen atoms in total. The van der Waals surface area contributed by atoms with E-state index in [0.29, 0.717) is 41.3 Å². The van der Waals surface area contributed by atoms with Crippen LogP contribution in [0.15, 0.2) is 4.52 Å². The average molecular weight is 383 g/mol. The maximum Gasteiger partial charge on any atom is 0.232 e. The zero-order valence-corrected chi connectivity index (χ0v) is 16.8. The molecule has 0 spiro atoms. The molecule has 2 fully saturated rings. The van der Waals surface area contributed by atoms with Crippen molar-refractivity contribution in [2.75, 3.05) is 38.5 Å². The number of carbonyl (C=O) groups excluding carboxylic acids is 1. The highest BCUT2D eigenvalue weighted by Gasteiger charge is 2.27. The number of nitrogens with zero attached hydrogens (tertiary/aromatic N) is 4. The molecule has 1 aromatic heterocycles. The van der Waals surface area contributed by atoms with Crippen LogP contribution in [0.2, 0.25) is 0 Å². The predicted octanol–water partition coefficient (Wildman–Crippen LogP) is 1.96. The molecule has 0 radical (unpaired) electrons. The van der Waals surface area contributed by atoms with E-state index in [1.54, 1.807) is 18.7 Å². The van der Waals surface area contributed by atoms with Crippen LogP contribution in [-0.2, 0) is 15.3 Å². The van der Waals surface area contributed by atoms with Crippen molar-refractivity contribution < 1.29 is 14.1 Å². The first-order chi connectivity index (χ1) is 12.5. The number of aromatic nitrogens is 2. The number of hydrogen-bond donors (Lipinski definition) is 0. The van der Waals surface area contributed by atoms with Crippen LogP contribution in [0.4, 0.5) is 0 Å². The number of amides is 1. The van der Waals surface area contributed by atoms with Gasteiger partial charge in [-0.3, -0.25) is 9.69 Å². The number of carbonyl (C=O) groups is 1. The number of hydrogen-bond acceptors (Lipinski definition) is 7. The predicted molar refractivity (Wildman–Crippen MR) is 101 cm³/mol. The molecule has 0 aliphatic carbocycles. The van der Waals surface area contributed by atoms with Gasteiger partial charge in [-0.1, -0.05) is 5.16 Å². The van der Waals surface area contributed by atoms with Gasteiger partial charge in [0.1, 0.15) is 0 Å². The second-order valence-corrected chi connectivity index (χ2v) is 8.51. The largest absolute Gasteiger partial charge is 0.373 e. The molecular formula is C18H30N4O3S. The Morgan fingerprint density at radius 2 is 1.92 bits per heavy atom. The number of thioether (sulfide) groups is 1. The van der Waals surface area contributed by atoms with Crippen LogP contribution in [0, 0.1) is 12.8 Å². The molecule has 0 unspecified atom stereocenters. The Labute approximate surface area is 159 Å². The number of ether oxygens (including phenoxy) is 1. The molecule has 1 aromatic rings. The lowest BCUT2D eigenvalue weighted by atomic mass is 9.95. The van der Waals surface area contributed by atoms with Gasteiger partial charge >= 0.3 is 0 Å². The number of aryl methyl sites for hydroxylation is 1. The smallest absolute Gasteiger partial charge is 0.232 e. The molecule has 1 amide bonds. The summed E-state index contributed by atoms with van der Waals surface area (Å²) in [5.41, 5.74) is 0. The lowest BCUT2D eigenvalue weighted by Crippen LogP contribution is -2.48. The van der Waals surface area contributed by atoms with Gasteiger partial charge in [0.2, 0.25) is 11.8 Å². The van der Waals surface area contributed by atoms with Gasteiger partial charge < -0.3 is 14.2 Å². The minimum atomic E-state index is 0.224. The highest BCUT2D eigenvalue weighted by atomic mass is 32.2. The minimum Gasteiger partial charge on any atom is -0.373 e. The summed E-state index contributed by atoms with van der Waals surface area (Å²) in [7, 11) is 0. The molecule has 2 saturated heterocycles. The third-order valence-electron chi connectivity index (χ3n) is 5.01. The molecule has 3 rings (SSSR count). The van der Waals surface area contributed by atoms with Gasteiger partial charge in [-0.05, 0) is 32.6 Å². The van der Waals surface area contributed by atoms with Crippen molar-refractivity contribution in [3.05, 3.63) is 11.7 Å². The van der Waals surface area contributed by atoms with Crippen LogP contribution in [-0.4, -0.2) is 76.5 Å². The second kappa shape index (κ2) is 9.19. The molecule has 0 bridgehead atoms. The van der Waals surface area contributed by atoms with Gasteiger partial charge in [0.25, 0.3) is 0 Å². The summed E-state index contributed by atoms with van der Waals surface area (Å²) in [6, 6.07) is 0. The van der Waals surface area contributed by atoms with Gasteiger partial charge in [-0.25, -0.2) is 0 Å². The summed E-state index contributed by atoms with van der Waals surface area (Å²) in [6.07, 6.45) is 2.84. The van der Waals surface area contributed by atoms with Crippen LogP contribution >= 0.6 is 11.8 Å². The van der Waals surface area contributed by atoms with Crippen molar-refractivity contribution in [2.45, 2.75) is 51.6 Å². The summed E-state index contributed by atoms with van der Waals surface area (Å²) in [4.78, 5) is 21.1. The molecule has 2 atom stereocenters. The lowest BCUT2D eigenvalue weighted by molar-refractivity contribution is -0.129. The van der Waals surface area contributed by atoms with E-state index in [0.717, 1.165) is 45.6 Å². The van der Waals surface area contributed by atoms with Crippen molar-refractivity contribution in [3.63, 3.8) is 0 Å². The van der Waals surface area contributed by atoms with E-state index in [9.17, 15) is 4.79 Å². The molecule has 0 aromatic carbocycles. The van der Waals surface area contributed by atoms with Crippen molar-refractivity contribution in [1.82, 2.24) is 19.9 Å². The Morgan fingerprint density at radius 1 is 1.23 bits per heavy atom. The lowest BCUT2D eigenvalue weighted by Gasteiger charge is -2.39. The fraction of sp³-hybridized carbons (Fsp3) is 0.833. The Balaban J connectivity index is 1.34. The fourth-order valence-corrected chi connectivity index (χ4v) is 4.64. The molecule has 146 valence electrons. The Hall–Kier alpha value is -1.12. The first-order valence-corrected chi connectivity index (χ1v) is 10.7. The van der Waals surface area contributed by atoms with E-state index in [1.807, 2.05) is 4.90 Å². The topological polar surface area (TPSA) is 71.7 Å². The molecule has 3 heterocycles. The number of rotatable bonds is 6. The standard InChI is InChI=1S/C18H30N4O3S/c1-13-8-21(9-14(2)24-13)10-16-4-6-22(7-5-16)18(23)12-26-11-17-19-15(3)25-20-17/h13-14,16H,4-12H2,1-3H3/t13-,14-/m0/s1. The quantitative estimate of drug-likeness (QED) is 0.745. The van der Waals surface area contributed by atoms with E-state index in [-0.39, 0.29) is 5.91 Å². The number of piperidine rings is 1. The summed E-state index contributed by atoms with van der Waals surface area (Å²) < 4.78 is 10.8. The van der Waals surface area contributed by atoms with Crippen molar-refractivity contribution in [1.29, 1.82) is 0 Å². The Bertz CT molecular complexity index is 579. The van der Waals surface area contributed by atoms with Crippen LogP contribution < -0.4 is 0 Å². The summed E-state index contributed by atoms with van der Waals surface area (Å²) >= 11 is 1.55. The second-order valence-electron chi connectivity index (χ2n) is 7.52. The van der Waals surface area contributed by atoms with Crippen LogP contribution in [0.3, 0.4) is 0 Å². The molecule has 2 aliphatic rings. The van der Waals surface area contributed by atoms with Crippen molar-refractivity contribution >= 4 is 17.7 Å². The van der Waals surface area contributed by atoms with Gasteiger partial charge in [-0.2, -0.15) is 4.98 Å². The highest BCUT2D eigenvalue weighted by Crippen LogP contribution is 2.22. The molecule has 0 saturated carbocycles. The molecular weight excluding hydrogens is 352 g/mol. The highest BCUT2D eigenvalue weighted by molar-refractivity contribution is 7.99. The van der Waals surface area contributed by atoms with Gasteiger partial charge in [0, 0.05) is 39.6 Å². The van der Waals surface area contributed by atoms with Crippen LogP contribution in [0.1, 0.15) is 38.4 Å². The summed E-state index contributed by atoms with van der Waals surface area (Å²) in [5, 5.41) is 3.86. The minimum absolute atomic E-state index is 0.224. The molecule has 2 aliphatic heterocycles. The zero-order valence-electron chi connectivity index (χ0n) is 16.0. The van der Waals surface area contributed by atoms with E-state index < -0.39 is 0 Å². The summed E-state index contributed by atoms with van der Waals surface area (Å²) in [5.74, 6) is 3.24. The maximum atomic E-state index is 12.4. The van der Waals surface area contributed by atoms with E-state index in [2.05, 4.69) is 28.9 Å². The maximum absolute atomic E-state index is 12.4. The van der Waals surface area contributed by atoms with Crippen molar-refractivity contribution in [3.8, 4) is 0 Å². The zero-order chi connectivity index (χ0) is 18.5. The van der Waals surface area contributed by atoms with E-state index in [4.69, 9.17) is 9.26 Å². The molecule has 8 heteroatoms. The van der Waals surface area contributed by atoms with E-state index in [1.165, 1.54) is 0 Å². The number of likely N-dealkylation sites (tertiary alicyclic amines) is 1. The van der Waals surface area contributed by atoms with Gasteiger partial charge in [0.05, 0.1) is 23.7 Å². The Kier molecular flexibility index (Phi) is 6.94. The average Bonchev–Trinajstić information content (AvgIpc) is 3.00. The molecule has 0 N–H and O–H groups in total. The van der Waals surface area contributed by atoms with Crippen LogP contribution in [0.5, 0.6) is 0 Å². The Morgan fingerprint density at radius 3 is 2.54 bits per heavy atom. The normalized spacial score (nSPS) is 25.6. The van der Waals surface area contributed by atoms with Gasteiger partial charge in [0.15, 0.2) is 5.82 Å². The third-order valence-corrected chi connectivity index (χ3v) is 5.92. The summed E-state index contributed by atoms with van der Waals surface area (Å²) in [6.45, 7) is 11.0. The van der Waals surface area contributed by atoms with E-state index >= 15 is 0 Å². The van der Waals surface area contributed by atoms with Crippen LogP contribution in [0.25, 0.3) is 0 Å². The number of morpholine rings is 1. The first-order valence-electron chi connectivity index (χ1n) is 9.52. The SMILES string of the molecule is Cc1nc(CSCC(=O)N2CCC(CN3C[C@H](C)O[C@@H](C)C3)CC2)no1. The third kappa shape index (κ3) is 5.69. The molecule has 26 heavy (non-hydrogen) atoms. The van der Waals surface area contributed by atoms with Crippen molar-refractivity contribution in [2.24, 2.45) is 5.92 Å². The monoisotopic (exact) mass is 382 g/mol.